The van der Waals surface area contributed by atoms with Crippen LogP contribution in [0, 0.1) is 5.41 Å². The second-order valence-electron chi connectivity index (χ2n) is 5.65. The van der Waals surface area contributed by atoms with Gasteiger partial charge in [0.1, 0.15) is 0 Å². The van der Waals surface area contributed by atoms with Crippen LogP contribution in [0.25, 0.3) is 0 Å². The molecule has 0 amide bonds. The largest absolute Gasteiger partial charge is 0.395 e. The van der Waals surface area contributed by atoms with Crippen molar-refractivity contribution in [2.24, 2.45) is 5.41 Å². The van der Waals surface area contributed by atoms with Gasteiger partial charge in [-0.15, -0.1) is 0 Å². The molecular weight excluding hydrogens is 216 g/mol. The van der Waals surface area contributed by atoms with Crippen LogP contribution in [0.3, 0.4) is 0 Å². The summed E-state index contributed by atoms with van der Waals surface area (Å²) < 4.78 is 5.67. The summed E-state index contributed by atoms with van der Waals surface area (Å²) >= 11 is 0. The Morgan fingerprint density at radius 1 is 1.47 bits per heavy atom. The Bertz CT molecular complexity index is 204. The fraction of sp³-hybridized carbons (Fsp3) is 1.00. The van der Waals surface area contributed by atoms with E-state index in [9.17, 15) is 0 Å². The van der Waals surface area contributed by atoms with Crippen LogP contribution in [0.2, 0.25) is 0 Å². The van der Waals surface area contributed by atoms with E-state index in [-0.39, 0.29) is 12.0 Å². The molecule has 1 saturated heterocycles. The zero-order valence-electron chi connectivity index (χ0n) is 11.5. The van der Waals surface area contributed by atoms with Crippen LogP contribution < -0.4 is 5.32 Å². The second kappa shape index (κ2) is 7.31. The van der Waals surface area contributed by atoms with Crippen molar-refractivity contribution in [1.29, 1.82) is 0 Å². The van der Waals surface area contributed by atoms with Gasteiger partial charge in [-0.2, -0.15) is 0 Å². The van der Waals surface area contributed by atoms with Gasteiger partial charge in [0.2, 0.25) is 0 Å². The molecule has 1 aliphatic rings. The number of aliphatic hydroxyl groups excluding tert-OH is 1. The summed E-state index contributed by atoms with van der Waals surface area (Å²) in [5.41, 5.74) is 0.215. The number of hydrogen-bond donors (Lipinski definition) is 2. The van der Waals surface area contributed by atoms with E-state index >= 15 is 0 Å². The highest BCUT2D eigenvalue weighted by atomic mass is 16.5. The molecule has 0 aromatic rings. The summed E-state index contributed by atoms with van der Waals surface area (Å²) in [6, 6.07) is 0.511. The van der Waals surface area contributed by atoms with Crippen LogP contribution in [0.1, 0.15) is 26.7 Å². The maximum atomic E-state index is 8.98. The minimum atomic E-state index is 0.215. The van der Waals surface area contributed by atoms with E-state index in [0.29, 0.717) is 6.04 Å². The molecule has 4 nitrogen and oxygen atoms in total. The number of rotatable bonds is 7. The molecule has 0 aromatic carbocycles. The highest BCUT2D eigenvalue weighted by Crippen LogP contribution is 2.29. The van der Waals surface area contributed by atoms with Crippen LogP contribution >= 0.6 is 0 Å². The molecule has 1 rings (SSSR count). The third-order valence-corrected chi connectivity index (χ3v) is 3.38. The first kappa shape index (κ1) is 14.9. The first-order valence-corrected chi connectivity index (χ1v) is 6.68. The normalized spacial score (nSPS) is 25.8. The van der Waals surface area contributed by atoms with E-state index < -0.39 is 0 Å². The van der Waals surface area contributed by atoms with Crippen molar-refractivity contribution in [3.8, 4) is 0 Å². The van der Waals surface area contributed by atoms with Crippen LogP contribution in [-0.2, 0) is 4.74 Å². The Balaban J connectivity index is 2.51. The van der Waals surface area contributed by atoms with Gasteiger partial charge in [0.15, 0.2) is 0 Å². The fourth-order valence-corrected chi connectivity index (χ4v) is 2.47. The summed E-state index contributed by atoms with van der Waals surface area (Å²) in [6.45, 7) is 9.04. The first-order chi connectivity index (χ1) is 8.08. The van der Waals surface area contributed by atoms with Gasteiger partial charge in [-0.1, -0.05) is 13.8 Å². The zero-order chi connectivity index (χ0) is 12.7. The van der Waals surface area contributed by atoms with Crippen molar-refractivity contribution in [2.75, 3.05) is 46.5 Å². The molecule has 102 valence electrons. The number of nitrogens with zero attached hydrogens (tertiary/aromatic N) is 1. The lowest BCUT2D eigenvalue weighted by Crippen LogP contribution is -2.49. The lowest BCUT2D eigenvalue weighted by Gasteiger charge is -2.40. The molecule has 0 bridgehead atoms. The predicted octanol–water partition coefficient (Wildman–Crippen LogP) is 0.705. The first-order valence-electron chi connectivity index (χ1n) is 6.68. The van der Waals surface area contributed by atoms with Crippen molar-refractivity contribution in [2.45, 2.75) is 32.7 Å². The third kappa shape index (κ3) is 5.34. The van der Waals surface area contributed by atoms with E-state index in [1.807, 2.05) is 0 Å². The highest BCUT2D eigenvalue weighted by Gasteiger charge is 2.33. The van der Waals surface area contributed by atoms with Gasteiger partial charge >= 0.3 is 0 Å². The molecule has 0 spiro atoms. The molecule has 0 saturated carbocycles. The van der Waals surface area contributed by atoms with Crippen molar-refractivity contribution < 1.29 is 9.84 Å². The Morgan fingerprint density at radius 2 is 2.24 bits per heavy atom. The van der Waals surface area contributed by atoms with Crippen LogP contribution in [0.4, 0.5) is 0 Å². The Kier molecular flexibility index (Phi) is 6.41. The van der Waals surface area contributed by atoms with Crippen molar-refractivity contribution in [3.05, 3.63) is 0 Å². The summed E-state index contributed by atoms with van der Waals surface area (Å²) in [7, 11) is 2.07. The van der Waals surface area contributed by atoms with Gasteiger partial charge in [-0.3, -0.25) is 0 Å². The monoisotopic (exact) mass is 244 g/mol. The molecule has 1 unspecified atom stereocenters. The van der Waals surface area contributed by atoms with Gasteiger partial charge in [-0.05, 0) is 19.9 Å². The fourth-order valence-electron chi connectivity index (χ4n) is 2.47. The summed E-state index contributed by atoms with van der Waals surface area (Å²) in [5.74, 6) is 0. The van der Waals surface area contributed by atoms with Crippen LogP contribution in [0.15, 0.2) is 0 Å². The molecule has 0 aromatic heterocycles. The van der Waals surface area contributed by atoms with Gasteiger partial charge in [0.05, 0.1) is 13.2 Å². The average molecular weight is 244 g/mol. The smallest absolute Gasteiger partial charge is 0.0558 e. The summed E-state index contributed by atoms with van der Waals surface area (Å²) in [5, 5.41) is 12.5. The molecule has 4 heteroatoms. The van der Waals surface area contributed by atoms with Crippen molar-refractivity contribution >= 4 is 0 Å². The maximum Gasteiger partial charge on any atom is 0.0558 e. The van der Waals surface area contributed by atoms with Gasteiger partial charge in [0.25, 0.3) is 0 Å². The Morgan fingerprint density at radius 3 is 2.76 bits per heavy atom. The molecular formula is C13H28N2O2. The number of nitrogens with one attached hydrogen (secondary N) is 1. The van der Waals surface area contributed by atoms with Crippen molar-refractivity contribution in [3.63, 3.8) is 0 Å². The second-order valence-corrected chi connectivity index (χ2v) is 5.65. The molecule has 1 fully saturated rings. The average Bonchev–Trinajstić information content (AvgIpc) is 2.28. The van der Waals surface area contributed by atoms with E-state index in [4.69, 9.17) is 9.84 Å². The number of aliphatic hydroxyl groups is 1. The zero-order valence-corrected chi connectivity index (χ0v) is 11.5. The quantitative estimate of drug-likeness (QED) is 0.692. The van der Waals surface area contributed by atoms with Gasteiger partial charge in [-0.25, -0.2) is 0 Å². The number of hydrogen-bond acceptors (Lipinski definition) is 4. The Labute approximate surface area is 105 Å². The molecule has 2 N–H and O–H groups in total. The van der Waals surface area contributed by atoms with E-state index in [1.54, 1.807) is 0 Å². The topological polar surface area (TPSA) is 44.7 Å². The standard InChI is InChI=1S/C13H28N2O2/c1-12(2)14-9-13(5-4-8-17-11-13)10-15(3)6-7-16/h12,14,16H,4-11H2,1-3H3. The predicted molar refractivity (Wildman–Crippen MR) is 70.2 cm³/mol. The van der Waals surface area contributed by atoms with Gasteiger partial charge in [0, 0.05) is 37.7 Å². The maximum absolute atomic E-state index is 8.98. The SMILES string of the molecule is CC(C)NCC1(CN(C)CCO)CCCOC1. The highest BCUT2D eigenvalue weighted by molar-refractivity contribution is 4.87. The number of likely N-dealkylation sites (N-methyl/N-ethyl adjacent to an activating group) is 1. The van der Waals surface area contributed by atoms with Crippen molar-refractivity contribution in [1.82, 2.24) is 10.2 Å². The molecule has 17 heavy (non-hydrogen) atoms. The lowest BCUT2D eigenvalue weighted by atomic mass is 9.81. The lowest BCUT2D eigenvalue weighted by molar-refractivity contribution is -0.0249. The summed E-state index contributed by atoms with van der Waals surface area (Å²) in [4.78, 5) is 2.21. The molecule has 0 aliphatic carbocycles. The van der Waals surface area contributed by atoms with Gasteiger partial charge < -0.3 is 20.1 Å². The molecule has 1 atom stereocenters. The van der Waals surface area contributed by atoms with Crippen LogP contribution in [-0.4, -0.2) is 62.6 Å². The third-order valence-electron chi connectivity index (χ3n) is 3.38. The minimum Gasteiger partial charge on any atom is -0.395 e. The molecule has 0 radical (unpaired) electrons. The van der Waals surface area contributed by atoms with E-state index in [1.165, 1.54) is 6.42 Å². The summed E-state index contributed by atoms with van der Waals surface area (Å²) in [6.07, 6.45) is 2.36. The Hall–Kier alpha value is -0.160. The molecule has 1 heterocycles. The molecule has 1 aliphatic heterocycles. The van der Waals surface area contributed by atoms with E-state index in [2.05, 4.69) is 31.1 Å². The minimum absolute atomic E-state index is 0.215. The van der Waals surface area contributed by atoms with E-state index in [0.717, 1.165) is 39.3 Å². The van der Waals surface area contributed by atoms with Crippen LogP contribution in [0.5, 0.6) is 0 Å². The number of ether oxygens (including phenoxy) is 1.